The number of ether oxygens (including phenoxy) is 1. The standard InChI is InChI=1S/C26H32N2O5S/c1-16(2)14-21(28-24(30)18-8-4-5-9-19(18)25(28)31)26(32)33-15-23(29)27-13-12-17(3)34-22-11-7-6-10-20(22)27/h4-7,10-11,16-19,21H,8-9,12-15H2,1-3H3. The first-order chi connectivity index (χ1) is 16.3. The predicted octanol–water partition coefficient (Wildman–Crippen LogP) is 3.81. The van der Waals surface area contributed by atoms with E-state index < -0.39 is 30.5 Å². The number of carbonyl (C=O) groups excluding carboxylic acids is 4. The summed E-state index contributed by atoms with van der Waals surface area (Å²) in [4.78, 5) is 56.2. The van der Waals surface area contributed by atoms with Crippen molar-refractivity contribution < 1.29 is 23.9 Å². The maximum Gasteiger partial charge on any atom is 0.329 e. The molecular formula is C26H32N2O5S. The van der Waals surface area contributed by atoms with Crippen molar-refractivity contribution in [2.75, 3.05) is 18.1 Å². The molecule has 0 spiro atoms. The van der Waals surface area contributed by atoms with Gasteiger partial charge in [-0.1, -0.05) is 45.1 Å². The highest BCUT2D eigenvalue weighted by atomic mass is 32.2. The fraction of sp³-hybridized carbons (Fsp3) is 0.538. The molecule has 2 aliphatic heterocycles. The third-order valence-corrected chi connectivity index (χ3v) is 7.94. The third kappa shape index (κ3) is 4.92. The van der Waals surface area contributed by atoms with Crippen LogP contribution in [0.25, 0.3) is 0 Å². The van der Waals surface area contributed by atoms with Crippen LogP contribution in [0.4, 0.5) is 5.69 Å². The van der Waals surface area contributed by atoms with Crippen LogP contribution in [0, 0.1) is 17.8 Å². The molecule has 4 unspecified atom stereocenters. The van der Waals surface area contributed by atoms with E-state index in [0.717, 1.165) is 21.9 Å². The Kier molecular flexibility index (Phi) is 7.45. The number of allylic oxidation sites excluding steroid dienone is 2. The van der Waals surface area contributed by atoms with Crippen LogP contribution in [-0.2, 0) is 23.9 Å². The topological polar surface area (TPSA) is 84.0 Å². The van der Waals surface area contributed by atoms with Gasteiger partial charge in [-0.15, -0.1) is 11.8 Å². The molecule has 3 amide bonds. The second kappa shape index (κ2) is 10.3. The summed E-state index contributed by atoms with van der Waals surface area (Å²) in [5.74, 6) is -2.37. The first-order valence-electron chi connectivity index (χ1n) is 12.0. The van der Waals surface area contributed by atoms with Crippen LogP contribution in [0.1, 0.15) is 46.5 Å². The molecule has 1 aromatic rings. The Balaban J connectivity index is 1.47. The van der Waals surface area contributed by atoms with Crippen molar-refractivity contribution in [1.82, 2.24) is 4.90 Å². The Morgan fingerprint density at radius 2 is 1.74 bits per heavy atom. The van der Waals surface area contributed by atoms with Crippen molar-refractivity contribution in [1.29, 1.82) is 0 Å². The fourth-order valence-electron chi connectivity index (χ4n) is 4.94. The van der Waals surface area contributed by atoms with Crippen molar-refractivity contribution in [3.63, 3.8) is 0 Å². The average Bonchev–Trinajstić information content (AvgIpc) is 2.95. The van der Waals surface area contributed by atoms with Gasteiger partial charge in [0.25, 0.3) is 5.91 Å². The van der Waals surface area contributed by atoms with Gasteiger partial charge in [0.15, 0.2) is 6.61 Å². The fourth-order valence-corrected chi connectivity index (χ4v) is 6.05. The molecule has 0 bridgehead atoms. The molecule has 1 fully saturated rings. The number of hydrogen-bond acceptors (Lipinski definition) is 6. The number of nitrogens with zero attached hydrogens (tertiary/aromatic N) is 2. The zero-order chi connectivity index (χ0) is 24.4. The van der Waals surface area contributed by atoms with Crippen LogP contribution in [0.5, 0.6) is 0 Å². The van der Waals surface area contributed by atoms with E-state index in [0.29, 0.717) is 31.1 Å². The van der Waals surface area contributed by atoms with Crippen molar-refractivity contribution in [2.45, 2.75) is 62.6 Å². The lowest BCUT2D eigenvalue weighted by atomic mass is 9.85. The maximum absolute atomic E-state index is 13.2. The van der Waals surface area contributed by atoms with E-state index >= 15 is 0 Å². The van der Waals surface area contributed by atoms with Crippen molar-refractivity contribution in [3.05, 3.63) is 36.4 Å². The molecule has 2 heterocycles. The number of benzene rings is 1. The summed E-state index contributed by atoms with van der Waals surface area (Å²) in [6.45, 7) is 6.10. The summed E-state index contributed by atoms with van der Waals surface area (Å²) in [5.41, 5.74) is 0.818. The van der Waals surface area contributed by atoms with E-state index in [9.17, 15) is 19.2 Å². The Morgan fingerprint density at radius 3 is 2.38 bits per heavy atom. The lowest BCUT2D eigenvalue weighted by Crippen LogP contribution is -2.48. The van der Waals surface area contributed by atoms with Crippen LogP contribution in [0.3, 0.4) is 0 Å². The summed E-state index contributed by atoms with van der Waals surface area (Å²) in [7, 11) is 0. The molecule has 0 radical (unpaired) electrons. The number of hydrogen-bond donors (Lipinski definition) is 0. The van der Waals surface area contributed by atoms with Crippen molar-refractivity contribution in [2.24, 2.45) is 17.8 Å². The van der Waals surface area contributed by atoms with Gasteiger partial charge in [-0.05, 0) is 43.7 Å². The van der Waals surface area contributed by atoms with Gasteiger partial charge >= 0.3 is 5.97 Å². The molecule has 0 aromatic heterocycles. The molecule has 1 saturated heterocycles. The van der Waals surface area contributed by atoms with E-state index in [1.54, 1.807) is 16.7 Å². The molecule has 182 valence electrons. The molecule has 4 atom stereocenters. The molecule has 3 aliphatic rings. The maximum atomic E-state index is 13.2. The zero-order valence-electron chi connectivity index (χ0n) is 19.9. The minimum absolute atomic E-state index is 0.0607. The van der Waals surface area contributed by atoms with Crippen molar-refractivity contribution in [3.8, 4) is 0 Å². The minimum Gasteiger partial charge on any atom is -0.454 e. The SMILES string of the molecule is CC(C)CC(C(=O)OCC(=O)N1CCC(C)Sc2ccccc21)N1C(=O)C2CC=CCC2C1=O. The smallest absolute Gasteiger partial charge is 0.329 e. The number of rotatable bonds is 6. The van der Waals surface area contributed by atoms with E-state index in [4.69, 9.17) is 4.74 Å². The first-order valence-corrected chi connectivity index (χ1v) is 12.9. The molecule has 1 aromatic carbocycles. The van der Waals surface area contributed by atoms with Crippen LogP contribution in [-0.4, -0.2) is 53.0 Å². The number of amides is 3. The lowest BCUT2D eigenvalue weighted by Gasteiger charge is -2.27. The van der Waals surface area contributed by atoms with Crippen LogP contribution < -0.4 is 4.90 Å². The Hall–Kier alpha value is -2.61. The largest absolute Gasteiger partial charge is 0.454 e. The summed E-state index contributed by atoms with van der Waals surface area (Å²) in [6.07, 6.45) is 5.99. The Labute approximate surface area is 204 Å². The highest BCUT2D eigenvalue weighted by Gasteiger charge is 2.51. The Morgan fingerprint density at radius 1 is 1.09 bits per heavy atom. The van der Waals surface area contributed by atoms with Crippen LogP contribution in [0.2, 0.25) is 0 Å². The van der Waals surface area contributed by atoms with Crippen LogP contribution >= 0.6 is 11.8 Å². The van der Waals surface area contributed by atoms with Crippen LogP contribution in [0.15, 0.2) is 41.3 Å². The molecule has 4 rings (SSSR count). The molecule has 1 aliphatic carbocycles. The average molecular weight is 485 g/mol. The van der Waals surface area contributed by atoms with Gasteiger partial charge in [-0.3, -0.25) is 19.3 Å². The molecule has 0 saturated carbocycles. The number of fused-ring (bicyclic) bond motifs is 2. The third-order valence-electron chi connectivity index (χ3n) is 6.70. The van der Waals surface area contributed by atoms with E-state index in [2.05, 4.69) is 6.92 Å². The highest BCUT2D eigenvalue weighted by Crippen LogP contribution is 2.38. The molecule has 8 heteroatoms. The van der Waals surface area contributed by atoms with Gasteiger partial charge < -0.3 is 9.64 Å². The van der Waals surface area contributed by atoms with E-state index in [1.807, 2.05) is 50.3 Å². The van der Waals surface area contributed by atoms with Gasteiger partial charge in [-0.2, -0.15) is 0 Å². The number of imide groups is 1. The molecule has 34 heavy (non-hydrogen) atoms. The van der Waals surface area contributed by atoms with Gasteiger partial charge in [0, 0.05) is 16.7 Å². The second-order valence-corrected chi connectivity index (χ2v) is 11.2. The normalized spacial score (nSPS) is 25.1. The molecule has 0 N–H and O–H groups in total. The summed E-state index contributed by atoms with van der Waals surface area (Å²) < 4.78 is 5.47. The Bertz CT molecular complexity index is 981. The lowest BCUT2D eigenvalue weighted by molar-refractivity contribution is -0.160. The highest BCUT2D eigenvalue weighted by molar-refractivity contribution is 8.00. The number of thioether (sulfide) groups is 1. The minimum atomic E-state index is -1.01. The van der Waals surface area contributed by atoms with Gasteiger partial charge in [-0.25, -0.2) is 4.79 Å². The monoisotopic (exact) mass is 484 g/mol. The summed E-state index contributed by atoms with van der Waals surface area (Å²) >= 11 is 1.73. The number of carbonyl (C=O) groups is 4. The summed E-state index contributed by atoms with van der Waals surface area (Å²) in [6, 6.07) is 6.72. The van der Waals surface area contributed by atoms with E-state index in [1.165, 1.54) is 0 Å². The number of anilines is 1. The number of para-hydroxylation sites is 1. The zero-order valence-corrected chi connectivity index (χ0v) is 20.8. The summed E-state index contributed by atoms with van der Waals surface area (Å²) in [5, 5.41) is 0.363. The van der Waals surface area contributed by atoms with Gasteiger partial charge in [0.2, 0.25) is 11.8 Å². The molecular weight excluding hydrogens is 452 g/mol. The van der Waals surface area contributed by atoms with Crippen molar-refractivity contribution >= 4 is 41.1 Å². The number of likely N-dealkylation sites (tertiary alicyclic amines) is 1. The van der Waals surface area contributed by atoms with Gasteiger partial charge in [0.1, 0.15) is 6.04 Å². The van der Waals surface area contributed by atoms with E-state index in [-0.39, 0.29) is 23.6 Å². The predicted molar refractivity (Wildman–Crippen MR) is 130 cm³/mol. The first kappa shape index (κ1) is 24.5. The van der Waals surface area contributed by atoms with Gasteiger partial charge in [0.05, 0.1) is 17.5 Å². The second-order valence-electron chi connectivity index (χ2n) is 9.69. The quantitative estimate of drug-likeness (QED) is 0.347. The number of esters is 1. The molecule has 7 nitrogen and oxygen atoms in total.